The van der Waals surface area contributed by atoms with Crippen LogP contribution in [0, 0.1) is 13.8 Å². The van der Waals surface area contributed by atoms with E-state index in [1.54, 1.807) is 0 Å². The van der Waals surface area contributed by atoms with Crippen molar-refractivity contribution in [1.29, 1.82) is 0 Å². The van der Waals surface area contributed by atoms with E-state index in [1.807, 2.05) is 52.0 Å². The van der Waals surface area contributed by atoms with Crippen LogP contribution in [0.15, 0.2) is 30.3 Å². The lowest BCUT2D eigenvalue weighted by molar-refractivity contribution is -0.160. The van der Waals surface area contributed by atoms with Crippen molar-refractivity contribution in [3.05, 3.63) is 52.2 Å². The summed E-state index contributed by atoms with van der Waals surface area (Å²) >= 11 is 6.21. The largest absolute Gasteiger partial charge is 0.479 e. The Morgan fingerprint density at radius 2 is 1.94 bits per heavy atom. The third-order valence-corrected chi connectivity index (χ3v) is 7.08. The Balaban J connectivity index is 1.89. The van der Waals surface area contributed by atoms with E-state index in [4.69, 9.17) is 21.1 Å². The maximum Gasteiger partial charge on any atom is 0.337 e. The monoisotopic (exact) mass is 482 g/mol. The summed E-state index contributed by atoms with van der Waals surface area (Å²) in [6.07, 6.45) is -1.11. The SMILES string of the molecule is Cc1c([C@H](OC(C)(C)C)C(=O)O)c(-c2ccc(Cl)cc2)c2cc(C)n3c2c1N1CCOC[C@@H]1C3. The number of halogens is 1. The first-order valence-corrected chi connectivity index (χ1v) is 12.1. The topological polar surface area (TPSA) is 63.9 Å². The molecule has 6 nitrogen and oxygen atoms in total. The van der Waals surface area contributed by atoms with Gasteiger partial charge >= 0.3 is 5.97 Å². The summed E-state index contributed by atoms with van der Waals surface area (Å²) < 4.78 is 14.4. The number of anilines is 1. The molecule has 1 aromatic heterocycles. The van der Waals surface area contributed by atoms with Gasteiger partial charge in [0.1, 0.15) is 0 Å². The number of carboxylic acids is 1. The number of fused-ring (bicyclic) bond motifs is 2. The summed E-state index contributed by atoms with van der Waals surface area (Å²) in [7, 11) is 0. The Hall–Kier alpha value is -2.54. The maximum absolute atomic E-state index is 12.7. The standard InChI is InChI=1S/C27H31ClN2O4/c1-15-12-20-22(17-6-8-18(28)9-7-17)21(25(26(31)32)34-27(3,4)5)16(2)23-24(20)30(15)13-19-14-33-11-10-29(19)23/h6-9,12,19,25H,10-11,13-14H2,1-5H3,(H,31,32)/t19-,25-/m0/s1. The zero-order chi connectivity index (χ0) is 24.4. The van der Waals surface area contributed by atoms with Crippen molar-refractivity contribution < 1.29 is 19.4 Å². The van der Waals surface area contributed by atoms with Crippen LogP contribution in [0.1, 0.15) is 43.7 Å². The second-order valence-corrected chi connectivity index (χ2v) is 10.7. The first-order valence-electron chi connectivity index (χ1n) is 11.7. The predicted octanol–water partition coefficient (Wildman–Crippen LogP) is 5.74. The van der Waals surface area contributed by atoms with Gasteiger partial charge in [-0.15, -0.1) is 0 Å². The molecule has 2 aliphatic rings. The second kappa shape index (κ2) is 8.29. The number of morpholine rings is 1. The van der Waals surface area contributed by atoms with Crippen LogP contribution in [0.5, 0.6) is 0 Å². The number of aromatic nitrogens is 1. The number of aryl methyl sites for hydroxylation is 1. The van der Waals surface area contributed by atoms with Crippen molar-refractivity contribution >= 4 is 34.2 Å². The normalized spacial score (nSPS) is 18.8. The summed E-state index contributed by atoms with van der Waals surface area (Å²) in [5.41, 5.74) is 6.24. The highest BCUT2D eigenvalue weighted by molar-refractivity contribution is 6.30. The lowest BCUT2D eigenvalue weighted by Crippen LogP contribution is -2.50. The smallest absolute Gasteiger partial charge is 0.337 e. The van der Waals surface area contributed by atoms with Crippen LogP contribution in [0.25, 0.3) is 22.0 Å². The molecule has 1 N–H and O–H groups in total. The first kappa shape index (κ1) is 23.2. The second-order valence-electron chi connectivity index (χ2n) is 10.3. The summed E-state index contributed by atoms with van der Waals surface area (Å²) in [6, 6.07) is 10.0. The van der Waals surface area contributed by atoms with E-state index in [1.165, 1.54) is 0 Å². The molecule has 7 heteroatoms. The fourth-order valence-electron chi connectivity index (χ4n) is 5.50. The zero-order valence-corrected chi connectivity index (χ0v) is 21.1. The van der Waals surface area contributed by atoms with Crippen LogP contribution in [-0.2, 0) is 20.8 Å². The van der Waals surface area contributed by atoms with Gasteiger partial charge in [0.25, 0.3) is 0 Å². The molecule has 0 aliphatic carbocycles. The lowest BCUT2D eigenvalue weighted by atomic mass is 9.86. The van der Waals surface area contributed by atoms with Crippen molar-refractivity contribution in [2.75, 3.05) is 24.7 Å². The van der Waals surface area contributed by atoms with E-state index < -0.39 is 17.7 Å². The Labute approximate surface area is 205 Å². The van der Waals surface area contributed by atoms with Crippen molar-refractivity contribution in [1.82, 2.24) is 4.57 Å². The number of aliphatic carboxylic acids is 1. The van der Waals surface area contributed by atoms with Gasteiger partial charge < -0.3 is 24.0 Å². The Kier molecular flexibility index (Phi) is 5.66. The number of hydrogen-bond donors (Lipinski definition) is 1. The molecular formula is C27H31ClN2O4. The number of rotatable bonds is 4. The summed E-state index contributed by atoms with van der Waals surface area (Å²) in [5, 5.41) is 12.1. The molecule has 0 amide bonds. The Morgan fingerprint density at radius 1 is 1.24 bits per heavy atom. The highest BCUT2D eigenvalue weighted by Crippen LogP contribution is 2.49. The van der Waals surface area contributed by atoms with Gasteiger partial charge in [-0.05, 0) is 69.5 Å². The number of nitrogens with zero attached hydrogens (tertiary/aromatic N) is 2. The van der Waals surface area contributed by atoms with Crippen LogP contribution >= 0.6 is 11.6 Å². The van der Waals surface area contributed by atoms with Gasteiger partial charge in [-0.1, -0.05) is 23.7 Å². The van der Waals surface area contributed by atoms with Gasteiger partial charge in [0, 0.05) is 34.8 Å². The molecule has 5 rings (SSSR count). The molecule has 2 aromatic carbocycles. The van der Waals surface area contributed by atoms with E-state index in [9.17, 15) is 9.90 Å². The van der Waals surface area contributed by atoms with E-state index >= 15 is 0 Å². The number of carboxylic acid groups (broad SMARTS) is 1. The zero-order valence-electron chi connectivity index (χ0n) is 20.3. The van der Waals surface area contributed by atoms with Crippen molar-refractivity contribution in [2.24, 2.45) is 0 Å². The lowest BCUT2D eigenvalue weighted by Gasteiger charge is -2.43. The number of hydrogen-bond acceptors (Lipinski definition) is 4. The summed E-state index contributed by atoms with van der Waals surface area (Å²) in [4.78, 5) is 15.1. The van der Waals surface area contributed by atoms with Crippen LogP contribution in [0.4, 0.5) is 5.69 Å². The molecule has 3 aromatic rings. The number of ether oxygens (including phenoxy) is 2. The van der Waals surface area contributed by atoms with Gasteiger partial charge in [0.05, 0.1) is 36.1 Å². The van der Waals surface area contributed by atoms with E-state index in [0.29, 0.717) is 23.8 Å². The van der Waals surface area contributed by atoms with E-state index in [2.05, 4.69) is 22.5 Å². The molecule has 1 fully saturated rings. The van der Waals surface area contributed by atoms with Crippen LogP contribution in [0.2, 0.25) is 5.02 Å². The molecule has 0 spiro atoms. The van der Waals surface area contributed by atoms with Gasteiger partial charge in [0.15, 0.2) is 6.10 Å². The minimum atomic E-state index is -1.11. The van der Waals surface area contributed by atoms with Crippen LogP contribution in [0.3, 0.4) is 0 Å². The Bertz CT molecular complexity index is 1270. The average Bonchev–Trinajstić information content (AvgIpc) is 3.09. The van der Waals surface area contributed by atoms with Crippen molar-refractivity contribution in [2.45, 2.75) is 58.9 Å². The van der Waals surface area contributed by atoms with Gasteiger partial charge in [0.2, 0.25) is 0 Å². The highest BCUT2D eigenvalue weighted by Gasteiger charge is 2.38. The van der Waals surface area contributed by atoms with Crippen LogP contribution < -0.4 is 4.90 Å². The number of carbonyl (C=O) groups is 1. The fraction of sp³-hybridized carbons (Fsp3) is 0.444. The average molecular weight is 483 g/mol. The molecule has 0 bridgehead atoms. The van der Waals surface area contributed by atoms with Crippen LogP contribution in [-0.4, -0.2) is 47.0 Å². The molecule has 1 saturated heterocycles. The molecular weight excluding hydrogens is 452 g/mol. The number of benzene rings is 2. The molecule has 2 atom stereocenters. The van der Waals surface area contributed by atoms with Gasteiger partial charge in [-0.25, -0.2) is 4.79 Å². The van der Waals surface area contributed by atoms with Crippen molar-refractivity contribution in [3.8, 4) is 11.1 Å². The van der Waals surface area contributed by atoms with E-state index in [0.717, 1.165) is 52.1 Å². The van der Waals surface area contributed by atoms with Crippen molar-refractivity contribution in [3.63, 3.8) is 0 Å². The first-order chi connectivity index (χ1) is 16.1. The third-order valence-electron chi connectivity index (χ3n) is 6.83. The highest BCUT2D eigenvalue weighted by atomic mass is 35.5. The van der Waals surface area contributed by atoms with E-state index in [-0.39, 0.29) is 6.04 Å². The maximum atomic E-state index is 12.7. The molecule has 180 valence electrons. The molecule has 0 saturated carbocycles. The quantitative estimate of drug-likeness (QED) is 0.513. The summed E-state index contributed by atoms with van der Waals surface area (Å²) in [5.74, 6) is -0.995. The summed E-state index contributed by atoms with van der Waals surface area (Å²) in [6.45, 7) is 12.8. The Morgan fingerprint density at radius 3 is 2.59 bits per heavy atom. The molecule has 34 heavy (non-hydrogen) atoms. The minimum absolute atomic E-state index is 0.218. The molecule has 3 heterocycles. The van der Waals surface area contributed by atoms with Gasteiger partial charge in [-0.2, -0.15) is 0 Å². The molecule has 0 unspecified atom stereocenters. The predicted molar refractivity (Wildman–Crippen MR) is 135 cm³/mol. The third kappa shape index (κ3) is 3.78. The molecule has 2 aliphatic heterocycles. The molecule has 0 radical (unpaired) electrons. The fourth-order valence-corrected chi connectivity index (χ4v) is 5.63. The van der Waals surface area contributed by atoms with Gasteiger partial charge in [-0.3, -0.25) is 0 Å². The minimum Gasteiger partial charge on any atom is -0.479 e.